The number of rotatable bonds is 2. The van der Waals surface area contributed by atoms with Gasteiger partial charge in [0.15, 0.2) is 5.82 Å². The standard InChI is InChI=1S/C6H4N8O2/c7-3-2(12-16-13-3)6-10-5(14-15-6)4-8-1-9-11-4/h1H,(H2,7,13)(H,8,9,11). The Morgan fingerprint density at radius 2 is 2.19 bits per heavy atom. The summed E-state index contributed by atoms with van der Waals surface area (Å²) in [5.74, 6) is 0.804. The number of nitrogens with one attached hydrogen (secondary N) is 1. The number of hydrogen-bond acceptors (Lipinski definition) is 9. The van der Waals surface area contributed by atoms with Crippen molar-refractivity contribution in [3.8, 4) is 23.2 Å². The van der Waals surface area contributed by atoms with Crippen LogP contribution in [-0.2, 0) is 0 Å². The summed E-state index contributed by atoms with van der Waals surface area (Å²) in [5.41, 5.74) is 5.66. The van der Waals surface area contributed by atoms with Crippen LogP contribution in [0.3, 0.4) is 0 Å². The van der Waals surface area contributed by atoms with Gasteiger partial charge >= 0.3 is 0 Å². The second-order valence-corrected chi connectivity index (χ2v) is 2.76. The van der Waals surface area contributed by atoms with Crippen molar-refractivity contribution in [3.63, 3.8) is 0 Å². The molecule has 3 aromatic rings. The van der Waals surface area contributed by atoms with Crippen molar-refractivity contribution in [1.29, 1.82) is 0 Å². The SMILES string of the molecule is Nc1nonc1-c1nc(-c2ncn[nH]2)no1. The fourth-order valence-electron chi connectivity index (χ4n) is 1.07. The molecular formula is C6H4N8O2. The molecule has 10 heteroatoms. The summed E-state index contributed by atoms with van der Waals surface area (Å²) < 4.78 is 9.33. The molecule has 0 aromatic carbocycles. The molecule has 0 aliphatic heterocycles. The highest BCUT2D eigenvalue weighted by molar-refractivity contribution is 5.61. The van der Waals surface area contributed by atoms with Gasteiger partial charge in [-0.15, -0.1) is 0 Å². The van der Waals surface area contributed by atoms with Crippen molar-refractivity contribution in [2.75, 3.05) is 5.73 Å². The predicted molar refractivity (Wildman–Crippen MR) is 47.4 cm³/mol. The van der Waals surface area contributed by atoms with Crippen molar-refractivity contribution < 1.29 is 9.15 Å². The molecule has 0 spiro atoms. The number of nitrogens with two attached hydrogens (primary N) is 1. The maximum atomic E-state index is 5.47. The van der Waals surface area contributed by atoms with Crippen molar-refractivity contribution in [3.05, 3.63) is 6.33 Å². The average molecular weight is 220 g/mol. The molecule has 0 saturated heterocycles. The Balaban J connectivity index is 2.03. The summed E-state index contributed by atoms with van der Waals surface area (Å²) >= 11 is 0. The quantitative estimate of drug-likeness (QED) is 0.582. The molecular weight excluding hydrogens is 216 g/mol. The first-order valence-corrected chi connectivity index (χ1v) is 4.12. The Hall–Kier alpha value is -2.78. The second-order valence-electron chi connectivity index (χ2n) is 2.76. The minimum absolute atomic E-state index is 0.0766. The van der Waals surface area contributed by atoms with E-state index in [1.807, 2.05) is 0 Å². The molecule has 3 rings (SSSR count). The van der Waals surface area contributed by atoms with Crippen LogP contribution in [0, 0.1) is 0 Å². The number of nitrogen functional groups attached to an aromatic ring is 1. The summed E-state index contributed by atoms with van der Waals surface area (Å²) in [6, 6.07) is 0. The van der Waals surface area contributed by atoms with Crippen LogP contribution in [0.5, 0.6) is 0 Å². The zero-order chi connectivity index (χ0) is 11.0. The average Bonchev–Trinajstić information content (AvgIpc) is 2.96. The molecule has 0 saturated carbocycles. The highest BCUT2D eigenvalue weighted by Crippen LogP contribution is 2.21. The van der Waals surface area contributed by atoms with E-state index in [0.29, 0.717) is 5.82 Å². The third-order valence-electron chi connectivity index (χ3n) is 1.77. The van der Waals surface area contributed by atoms with Crippen LogP contribution in [-0.4, -0.2) is 35.6 Å². The molecule has 0 fully saturated rings. The van der Waals surface area contributed by atoms with Gasteiger partial charge in [0.05, 0.1) is 0 Å². The van der Waals surface area contributed by atoms with Crippen LogP contribution in [0.25, 0.3) is 23.2 Å². The third-order valence-corrected chi connectivity index (χ3v) is 1.77. The molecule has 3 aromatic heterocycles. The van der Waals surface area contributed by atoms with E-state index in [4.69, 9.17) is 10.3 Å². The Kier molecular flexibility index (Phi) is 1.66. The van der Waals surface area contributed by atoms with Gasteiger partial charge in [0.1, 0.15) is 6.33 Å². The van der Waals surface area contributed by atoms with Crippen molar-refractivity contribution >= 4 is 5.82 Å². The predicted octanol–water partition coefficient (Wildman–Crippen LogP) is -0.513. The maximum Gasteiger partial charge on any atom is 0.284 e. The van der Waals surface area contributed by atoms with Crippen LogP contribution < -0.4 is 5.73 Å². The van der Waals surface area contributed by atoms with Crippen molar-refractivity contribution in [1.82, 2.24) is 35.6 Å². The molecule has 0 bridgehead atoms. The molecule has 3 N–H and O–H groups in total. The summed E-state index contributed by atoms with van der Waals surface area (Å²) in [5, 5.41) is 16.8. The van der Waals surface area contributed by atoms with Crippen molar-refractivity contribution in [2.24, 2.45) is 0 Å². The second kappa shape index (κ2) is 3.12. The Morgan fingerprint density at radius 3 is 2.88 bits per heavy atom. The zero-order valence-electron chi connectivity index (χ0n) is 7.65. The number of aromatic amines is 1. The number of hydrogen-bond donors (Lipinski definition) is 2. The van der Waals surface area contributed by atoms with Gasteiger partial charge in [-0.2, -0.15) is 10.1 Å². The van der Waals surface area contributed by atoms with Crippen LogP contribution in [0.4, 0.5) is 5.82 Å². The van der Waals surface area contributed by atoms with E-state index in [1.165, 1.54) is 6.33 Å². The Labute approximate surface area is 86.8 Å². The first-order valence-electron chi connectivity index (χ1n) is 4.12. The van der Waals surface area contributed by atoms with Gasteiger partial charge in [0.2, 0.25) is 17.3 Å². The van der Waals surface area contributed by atoms with E-state index in [2.05, 4.69) is 40.3 Å². The van der Waals surface area contributed by atoms with Crippen LogP contribution in [0.2, 0.25) is 0 Å². The van der Waals surface area contributed by atoms with Gasteiger partial charge in [-0.3, -0.25) is 5.10 Å². The molecule has 10 nitrogen and oxygen atoms in total. The summed E-state index contributed by atoms with van der Waals surface area (Å²) in [4.78, 5) is 7.86. The van der Waals surface area contributed by atoms with Gasteiger partial charge in [-0.05, 0) is 10.3 Å². The highest BCUT2D eigenvalue weighted by Gasteiger charge is 2.18. The lowest BCUT2D eigenvalue weighted by atomic mass is 10.4. The van der Waals surface area contributed by atoms with Crippen LogP contribution in [0.1, 0.15) is 0 Å². The largest absolute Gasteiger partial charge is 0.379 e. The van der Waals surface area contributed by atoms with E-state index in [0.717, 1.165) is 0 Å². The Morgan fingerprint density at radius 1 is 1.25 bits per heavy atom. The highest BCUT2D eigenvalue weighted by atomic mass is 16.6. The van der Waals surface area contributed by atoms with E-state index in [-0.39, 0.29) is 23.2 Å². The minimum Gasteiger partial charge on any atom is -0.379 e. The number of nitrogens with zero attached hydrogens (tertiary/aromatic N) is 6. The molecule has 80 valence electrons. The van der Waals surface area contributed by atoms with Gasteiger partial charge in [0.25, 0.3) is 5.89 Å². The Bertz CT molecular complexity index is 596. The summed E-state index contributed by atoms with van der Waals surface area (Å²) in [7, 11) is 0. The lowest BCUT2D eigenvalue weighted by Gasteiger charge is -1.83. The first-order chi connectivity index (χ1) is 7.84. The van der Waals surface area contributed by atoms with E-state index < -0.39 is 0 Å². The van der Waals surface area contributed by atoms with Gasteiger partial charge in [-0.25, -0.2) is 9.61 Å². The summed E-state index contributed by atoms with van der Waals surface area (Å²) in [6.07, 6.45) is 1.33. The van der Waals surface area contributed by atoms with Crippen LogP contribution >= 0.6 is 0 Å². The number of H-pyrrole nitrogens is 1. The van der Waals surface area contributed by atoms with E-state index in [1.54, 1.807) is 0 Å². The molecule has 3 heterocycles. The van der Waals surface area contributed by atoms with Gasteiger partial charge in [0, 0.05) is 0 Å². The molecule has 0 unspecified atom stereocenters. The maximum absolute atomic E-state index is 5.47. The smallest absolute Gasteiger partial charge is 0.284 e. The van der Waals surface area contributed by atoms with Crippen LogP contribution in [0.15, 0.2) is 15.5 Å². The summed E-state index contributed by atoms with van der Waals surface area (Å²) in [6.45, 7) is 0. The number of anilines is 1. The minimum atomic E-state index is 0.0766. The molecule has 0 radical (unpaired) electrons. The fraction of sp³-hybridized carbons (Fsp3) is 0. The monoisotopic (exact) mass is 220 g/mol. The van der Waals surface area contributed by atoms with Gasteiger partial charge < -0.3 is 10.3 Å². The number of aromatic nitrogens is 7. The van der Waals surface area contributed by atoms with E-state index >= 15 is 0 Å². The van der Waals surface area contributed by atoms with E-state index in [9.17, 15) is 0 Å². The fourth-order valence-corrected chi connectivity index (χ4v) is 1.07. The molecule has 16 heavy (non-hydrogen) atoms. The topological polar surface area (TPSA) is 145 Å². The van der Waals surface area contributed by atoms with Crippen molar-refractivity contribution in [2.45, 2.75) is 0 Å². The molecule has 0 aliphatic rings. The molecule has 0 amide bonds. The molecule has 0 atom stereocenters. The van der Waals surface area contributed by atoms with Gasteiger partial charge in [-0.1, -0.05) is 5.16 Å². The normalized spacial score (nSPS) is 10.8. The molecule has 0 aliphatic carbocycles. The third kappa shape index (κ3) is 1.20. The first kappa shape index (κ1) is 8.52. The lowest BCUT2D eigenvalue weighted by Crippen LogP contribution is -1.89. The zero-order valence-corrected chi connectivity index (χ0v) is 7.65. The lowest BCUT2D eigenvalue weighted by molar-refractivity contribution is 0.308.